The van der Waals surface area contributed by atoms with Crippen LogP contribution in [0, 0.1) is 0 Å². The highest BCUT2D eigenvalue weighted by molar-refractivity contribution is 5.65. The van der Waals surface area contributed by atoms with Crippen molar-refractivity contribution in [1.82, 2.24) is 4.90 Å². The molecule has 1 aliphatic rings. The molecule has 1 aliphatic heterocycles. The first-order valence-corrected chi connectivity index (χ1v) is 4.20. The van der Waals surface area contributed by atoms with Crippen molar-refractivity contribution in [1.29, 1.82) is 0 Å². The van der Waals surface area contributed by atoms with Gasteiger partial charge in [-0.25, -0.2) is 0 Å². The summed E-state index contributed by atoms with van der Waals surface area (Å²) in [6.07, 6.45) is 0.280. The van der Waals surface area contributed by atoms with E-state index >= 15 is 0 Å². The van der Waals surface area contributed by atoms with E-state index in [9.17, 15) is 9.90 Å². The number of nitrogens with zero attached hydrogens (tertiary/aromatic N) is 2. The molecule has 2 atom stereocenters. The topological polar surface area (TPSA) is 43.4 Å². The number of quaternary nitrogens is 1. The Balaban J connectivity index is 2.65. The molecule has 0 amide bonds. The van der Waals surface area contributed by atoms with Crippen LogP contribution in [0.5, 0.6) is 0 Å². The highest BCUT2D eigenvalue weighted by Crippen LogP contribution is 2.19. The van der Waals surface area contributed by atoms with Gasteiger partial charge < -0.3 is 14.4 Å². The standard InChI is InChI=1S/C8H16N2O2/c1-7-9(2)4-5-10(7,3)6-8(11)12/h7H,4-6H2,1-3H3. The van der Waals surface area contributed by atoms with Gasteiger partial charge >= 0.3 is 0 Å². The second kappa shape index (κ2) is 3.03. The van der Waals surface area contributed by atoms with Crippen LogP contribution in [-0.2, 0) is 4.79 Å². The average Bonchev–Trinajstić information content (AvgIpc) is 2.16. The maximum absolute atomic E-state index is 10.5. The van der Waals surface area contributed by atoms with Gasteiger partial charge in [-0.3, -0.25) is 4.90 Å². The number of carboxylic acids is 1. The summed E-state index contributed by atoms with van der Waals surface area (Å²) in [5.74, 6) is -0.959. The third-order valence-electron chi connectivity index (χ3n) is 2.99. The summed E-state index contributed by atoms with van der Waals surface area (Å²) >= 11 is 0. The maximum Gasteiger partial charge on any atom is 0.142 e. The van der Waals surface area contributed by atoms with Crippen molar-refractivity contribution in [3.8, 4) is 0 Å². The molecule has 1 rings (SSSR count). The summed E-state index contributed by atoms with van der Waals surface area (Å²) in [5.41, 5.74) is 0. The van der Waals surface area contributed by atoms with Gasteiger partial charge in [-0.05, 0) is 7.05 Å². The summed E-state index contributed by atoms with van der Waals surface area (Å²) in [6, 6.07) is 0. The third kappa shape index (κ3) is 1.59. The third-order valence-corrected chi connectivity index (χ3v) is 2.99. The van der Waals surface area contributed by atoms with Gasteiger partial charge in [-0.1, -0.05) is 0 Å². The smallest absolute Gasteiger partial charge is 0.142 e. The van der Waals surface area contributed by atoms with Crippen LogP contribution in [-0.4, -0.2) is 55.2 Å². The number of carboxylic acid groups (broad SMARTS) is 1. The van der Waals surface area contributed by atoms with Crippen LogP contribution in [0.15, 0.2) is 0 Å². The molecule has 0 aromatic rings. The van der Waals surface area contributed by atoms with E-state index in [0.29, 0.717) is 4.48 Å². The maximum atomic E-state index is 10.5. The lowest BCUT2D eigenvalue weighted by molar-refractivity contribution is -0.919. The molecule has 0 radical (unpaired) electrons. The van der Waals surface area contributed by atoms with Crippen molar-refractivity contribution < 1.29 is 14.4 Å². The van der Waals surface area contributed by atoms with Crippen molar-refractivity contribution in [3.63, 3.8) is 0 Å². The quantitative estimate of drug-likeness (QED) is 0.475. The van der Waals surface area contributed by atoms with E-state index in [2.05, 4.69) is 11.8 Å². The molecular weight excluding hydrogens is 156 g/mol. The number of carbonyl (C=O) groups excluding carboxylic acids is 1. The van der Waals surface area contributed by atoms with Crippen LogP contribution < -0.4 is 5.11 Å². The molecule has 1 fully saturated rings. The zero-order chi connectivity index (χ0) is 9.35. The molecular formula is C8H16N2O2. The summed E-state index contributed by atoms with van der Waals surface area (Å²) in [6.45, 7) is 4.03. The van der Waals surface area contributed by atoms with E-state index < -0.39 is 5.97 Å². The minimum absolute atomic E-state index is 0.117. The molecule has 0 bridgehead atoms. The van der Waals surface area contributed by atoms with Crippen molar-refractivity contribution >= 4 is 5.97 Å². The van der Waals surface area contributed by atoms with E-state index in [1.54, 1.807) is 0 Å². The molecule has 2 unspecified atom stereocenters. The van der Waals surface area contributed by atoms with Crippen LogP contribution in [0.2, 0.25) is 0 Å². The Morgan fingerprint density at radius 3 is 2.67 bits per heavy atom. The van der Waals surface area contributed by atoms with Crippen LogP contribution >= 0.6 is 0 Å². The van der Waals surface area contributed by atoms with Crippen LogP contribution in [0.3, 0.4) is 0 Å². The lowest BCUT2D eigenvalue weighted by Crippen LogP contribution is -2.55. The Kier molecular flexibility index (Phi) is 2.39. The predicted molar refractivity (Wildman–Crippen MR) is 43.0 cm³/mol. The zero-order valence-corrected chi connectivity index (χ0v) is 7.91. The Hall–Kier alpha value is -0.610. The fourth-order valence-electron chi connectivity index (χ4n) is 1.74. The molecule has 1 heterocycles. The molecule has 0 N–H and O–H groups in total. The molecule has 0 aromatic heterocycles. The van der Waals surface area contributed by atoms with Crippen molar-refractivity contribution in [2.45, 2.75) is 13.1 Å². The van der Waals surface area contributed by atoms with Gasteiger partial charge in [0.1, 0.15) is 12.7 Å². The van der Waals surface area contributed by atoms with E-state index in [4.69, 9.17) is 0 Å². The minimum atomic E-state index is -0.959. The van der Waals surface area contributed by atoms with E-state index in [1.807, 2.05) is 14.1 Å². The molecule has 0 saturated carbocycles. The molecule has 4 nitrogen and oxygen atoms in total. The second-order valence-corrected chi connectivity index (χ2v) is 3.85. The van der Waals surface area contributed by atoms with Gasteiger partial charge in [-0.15, -0.1) is 0 Å². The lowest BCUT2D eigenvalue weighted by atomic mass is 10.3. The molecule has 0 aliphatic carbocycles. The Labute approximate surface area is 73.0 Å². The molecule has 12 heavy (non-hydrogen) atoms. The SMILES string of the molecule is CC1N(C)CC[N+]1(C)CC(=O)[O-]. The summed E-state index contributed by atoms with van der Waals surface area (Å²) in [4.78, 5) is 12.6. The largest absolute Gasteiger partial charge is 0.544 e. The zero-order valence-electron chi connectivity index (χ0n) is 7.91. The van der Waals surface area contributed by atoms with Gasteiger partial charge in [0.25, 0.3) is 0 Å². The second-order valence-electron chi connectivity index (χ2n) is 3.85. The normalized spacial score (nSPS) is 37.1. The number of carbonyl (C=O) groups is 1. The van der Waals surface area contributed by atoms with Crippen molar-refractivity contribution in [2.24, 2.45) is 0 Å². The van der Waals surface area contributed by atoms with E-state index in [1.165, 1.54) is 0 Å². The number of hydrogen-bond donors (Lipinski definition) is 0. The molecule has 0 aromatic carbocycles. The lowest BCUT2D eigenvalue weighted by Gasteiger charge is -2.35. The van der Waals surface area contributed by atoms with Gasteiger partial charge in [0, 0.05) is 6.92 Å². The van der Waals surface area contributed by atoms with Crippen LogP contribution in [0.1, 0.15) is 6.92 Å². The molecule has 4 heteroatoms. The Morgan fingerprint density at radius 1 is 1.75 bits per heavy atom. The highest BCUT2D eigenvalue weighted by Gasteiger charge is 2.38. The number of rotatable bonds is 2. The first-order chi connectivity index (χ1) is 5.46. The minimum Gasteiger partial charge on any atom is -0.544 e. The van der Waals surface area contributed by atoms with Crippen LogP contribution in [0.4, 0.5) is 0 Å². The molecule has 0 spiro atoms. The molecule has 1 saturated heterocycles. The number of aliphatic carboxylic acids is 1. The van der Waals surface area contributed by atoms with Gasteiger partial charge in [0.05, 0.1) is 26.1 Å². The van der Waals surface area contributed by atoms with Gasteiger partial charge in [-0.2, -0.15) is 0 Å². The first kappa shape index (κ1) is 9.48. The summed E-state index contributed by atoms with van der Waals surface area (Å²) < 4.78 is 0.568. The van der Waals surface area contributed by atoms with E-state index in [-0.39, 0.29) is 12.7 Å². The monoisotopic (exact) mass is 172 g/mol. The predicted octanol–water partition coefficient (Wildman–Crippen LogP) is -1.53. The van der Waals surface area contributed by atoms with Gasteiger partial charge in [0.2, 0.25) is 0 Å². The van der Waals surface area contributed by atoms with Gasteiger partial charge in [0.15, 0.2) is 0 Å². The van der Waals surface area contributed by atoms with Crippen LogP contribution in [0.25, 0.3) is 0 Å². The average molecular weight is 172 g/mol. The van der Waals surface area contributed by atoms with E-state index in [0.717, 1.165) is 13.1 Å². The summed E-state index contributed by atoms with van der Waals surface area (Å²) in [5, 5.41) is 10.5. The number of hydrogen-bond acceptors (Lipinski definition) is 3. The number of likely N-dealkylation sites (N-methyl/N-ethyl adjacent to an activating group) is 2. The molecule has 70 valence electrons. The Morgan fingerprint density at radius 2 is 2.33 bits per heavy atom. The fourth-order valence-corrected chi connectivity index (χ4v) is 1.74. The fraction of sp³-hybridized carbons (Fsp3) is 0.875. The first-order valence-electron chi connectivity index (χ1n) is 4.20. The van der Waals surface area contributed by atoms with Crippen molar-refractivity contribution in [3.05, 3.63) is 0 Å². The summed E-state index contributed by atoms with van der Waals surface area (Å²) in [7, 11) is 3.98. The van der Waals surface area contributed by atoms with Crippen molar-refractivity contribution in [2.75, 3.05) is 33.7 Å². The highest BCUT2D eigenvalue weighted by atomic mass is 16.4. The Bertz CT molecular complexity index is 195.